The minimum atomic E-state index is -4.24. The SMILES string of the molecule is CCCCC/C=C\C/C=C\CCCCCCCC(=O)OCC(O)COP(=O)(O)OCCN. The molecule has 188 valence electrons. The summed E-state index contributed by atoms with van der Waals surface area (Å²) in [7, 11) is -4.24. The summed E-state index contributed by atoms with van der Waals surface area (Å²) in [5.74, 6) is -0.402. The lowest BCUT2D eigenvalue weighted by Gasteiger charge is -2.15. The van der Waals surface area contributed by atoms with Gasteiger partial charge >= 0.3 is 13.8 Å². The van der Waals surface area contributed by atoms with Gasteiger partial charge in [-0.25, -0.2) is 4.57 Å². The Bertz CT molecular complexity index is 554. The third-order valence-electron chi connectivity index (χ3n) is 4.57. The second-order valence-electron chi connectivity index (χ2n) is 7.70. The van der Waals surface area contributed by atoms with Crippen LogP contribution in [-0.2, 0) is 23.1 Å². The lowest BCUT2D eigenvalue weighted by Crippen LogP contribution is -2.23. The molecule has 8 nitrogen and oxygen atoms in total. The van der Waals surface area contributed by atoms with E-state index < -0.39 is 26.5 Å². The molecule has 0 rings (SSSR count). The van der Waals surface area contributed by atoms with Crippen molar-refractivity contribution in [1.82, 2.24) is 0 Å². The Morgan fingerprint density at radius 3 is 2.22 bits per heavy atom. The standard InChI is InChI=1S/C23H44NO7P/c1-2-3-4-5-6-7-8-9-10-11-12-13-14-15-16-17-23(26)29-20-22(25)21-31-32(27,28)30-19-18-24/h6-7,9-10,22,25H,2-5,8,11-21,24H2,1H3,(H,27,28)/b7-6-,10-9-. The summed E-state index contributed by atoms with van der Waals surface area (Å²) in [6, 6.07) is 0. The maximum atomic E-state index is 11.7. The van der Waals surface area contributed by atoms with Gasteiger partial charge in [0.15, 0.2) is 0 Å². The number of phosphoric ester groups is 1. The van der Waals surface area contributed by atoms with Crippen LogP contribution in [0.5, 0.6) is 0 Å². The fourth-order valence-electron chi connectivity index (χ4n) is 2.78. The molecule has 2 unspecified atom stereocenters. The molecule has 0 fully saturated rings. The van der Waals surface area contributed by atoms with E-state index in [0.717, 1.165) is 44.9 Å². The lowest BCUT2D eigenvalue weighted by atomic mass is 10.1. The highest BCUT2D eigenvalue weighted by molar-refractivity contribution is 7.47. The number of aliphatic hydroxyl groups is 1. The molecule has 0 bridgehead atoms. The average Bonchev–Trinajstić information content (AvgIpc) is 2.77. The van der Waals surface area contributed by atoms with Gasteiger partial charge in [-0.3, -0.25) is 13.8 Å². The second kappa shape index (κ2) is 21.8. The van der Waals surface area contributed by atoms with Crippen LogP contribution in [0.1, 0.15) is 84.0 Å². The highest BCUT2D eigenvalue weighted by Gasteiger charge is 2.22. The van der Waals surface area contributed by atoms with E-state index in [1.165, 1.54) is 25.7 Å². The third kappa shape index (κ3) is 22.2. The van der Waals surface area contributed by atoms with Gasteiger partial charge in [-0.2, -0.15) is 0 Å². The number of ether oxygens (including phenoxy) is 1. The minimum absolute atomic E-state index is 0.0717. The molecule has 0 aliphatic rings. The van der Waals surface area contributed by atoms with E-state index in [2.05, 4.69) is 40.3 Å². The summed E-state index contributed by atoms with van der Waals surface area (Å²) in [5, 5.41) is 9.67. The van der Waals surface area contributed by atoms with E-state index in [1.54, 1.807) is 0 Å². The number of hydrogen-bond acceptors (Lipinski definition) is 7. The highest BCUT2D eigenvalue weighted by atomic mass is 31.2. The first-order chi connectivity index (χ1) is 15.4. The van der Waals surface area contributed by atoms with Gasteiger partial charge in [-0.15, -0.1) is 0 Å². The van der Waals surface area contributed by atoms with Crippen LogP contribution in [0.2, 0.25) is 0 Å². The number of carbonyl (C=O) groups is 1. The van der Waals surface area contributed by atoms with Crippen molar-refractivity contribution in [1.29, 1.82) is 0 Å². The summed E-state index contributed by atoms with van der Waals surface area (Å²) in [4.78, 5) is 21.0. The minimum Gasteiger partial charge on any atom is -0.463 e. The normalized spacial score (nSPS) is 14.8. The number of rotatable bonds is 22. The average molecular weight is 478 g/mol. The number of esters is 1. The largest absolute Gasteiger partial charge is 0.472 e. The van der Waals surface area contributed by atoms with E-state index in [1.807, 2.05) is 0 Å². The van der Waals surface area contributed by atoms with Gasteiger partial charge in [0.05, 0.1) is 13.2 Å². The zero-order chi connectivity index (χ0) is 23.9. The molecule has 0 aromatic heterocycles. The number of nitrogens with two attached hydrogens (primary N) is 1. The molecular weight excluding hydrogens is 433 g/mol. The van der Waals surface area contributed by atoms with Crippen LogP contribution in [0.3, 0.4) is 0 Å². The molecule has 0 saturated carbocycles. The van der Waals surface area contributed by atoms with E-state index in [9.17, 15) is 19.4 Å². The topological polar surface area (TPSA) is 128 Å². The number of phosphoric acid groups is 1. The zero-order valence-corrected chi connectivity index (χ0v) is 20.6. The third-order valence-corrected chi connectivity index (χ3v) is 5.55. The molecule has 32 heavy (non-hydrogen) atoms. The van der Waals surface area contributed by atoms with E-state index in [0.29, 0.717) is 0 Å². The molecule has 0 aliphatic heterocycles. The number of hydrogen-bond donors (Lipinski definition) is 3. The van der Waals surface area contributed by atoms with Gasteiger partial charge in [0, 0.05) is 13.0 Å². The second-order valence-corrected chi connectivity index (χ2v) is 9.16. The molecule has 0 aromatic carbocycles. The Kier molecular flexibility index (Phi) is 21.1. The van der Waals surface area contributed by atoms with Crippen molar-refractivity contribution >= 4 is 13.8 Å². The van der Waals surface area contributed by atoms with Crippen molar-refractivity contribution in [3.05, 3.63) is 24.3 Å². The predicted octanol–water partition coefficient (Wildman–Crippen LogP) is 4.80. The first kappa shape index (κ1) is 31.0. The zero-order valence-electron chi connectivity index (χ0n) is 19.7. The van der Waals surface area contributed by atoms with Crippen LogP contribution >= 0.6 is 7.82 Å². The van der Waals surface area contributed by atoms with Crippen LogP contribution in [0.15, 0.2) is 24.3 Å². The van der Waals surface area contributed by atoms with Gasteiger partial charge in [0.1, 0.15) is 12.7 Å². The number of allylic oxidation sites excluding steroid dienone is 4. The molecule has 0 amide bonds. The predicted molar refractivity (Wildman–Crippen MR) is 127 cm³/mol. The number of unbranched alkanes of at least 4 members (excludes halogenated alkanes) is 8. The summed E-state index contributed by atoms with van der Waals surface area (Å²) in [5.41, 5.74) is 5.16. The van der Waals surface area contributed by atoms with E-state index in [-0.39, 0.29) is 26.2 Å². The summed E-state index contributed by atoms with van der Waals surface area (Å²) in [6.45, 7) is 1.39. The molecule has 2 atom stereocenters. The molecule has 0 saturated heterocycles. The molecule has 9 heteroatoms. The van der Waals surface area contributed by atoms with Gasteiger partial charge in [0.2, 0.25) is 0 Å². The Hall–Kier alpha value is -1.02. The smallest absolute Gasteiger partial charge is 0.463 e. The Balaban J connectivity index is 3.54. The van der Waals surface area contributed by atoms with Crippen LogP contribution in [0.4, 0.5) is 0 Å². The van der Waals surface area contributed by atoms with Crippen molar-refractivity contribution in [2.24, 2.45) is 5.73 Å². The Labute approximate surface area is 193 Å². The molecule has 4 N–H and O–H groups in total. The molecule has 0 heterocycles. The van der Waals surface area contributed by atoms with Crippen LogP contribution < -0.4 is 5.73 Å². The van der Waals surface area contributed by atoms with Crippen LogP contribution in [0, 0.1) is 0 Å². The molecule has 0 spiro atoms. The fourth-order valence-corrected chi connectivity index (χ4v) is 3.55. The van der Waals surface area contributed by atoms with Gasteiger partial charge in [-0.05, 0) is 38.5 Å². The quantitative estimate of drug-likeness (QED) is 0.0878. The lowest BCUT2D eigenvalue weighted by molar-refractivity contribution is -0.147. The van der Waals surface area contributed by atoms with Crippen molar-refractivity contribution < 1.29 is 33.1 Å². The van der Waals surface area contributed by atoms with Gasteiger partial charge in [-0.1, -0.05) is 63.3 Å². The molecular formula is C23H44NO7P. The van der Waals surface area contributed by atoms with E-state index in [4.69, 9.17) is 10.5 Å². The maximum Gasteiger partial charge on any atom is 0.472 e. The Morgan fingerprint density at radius 2 is 1.56 bits per heavy atom. The highest BCUT2D eigenvalue weighted by Crippen LogP contribution is 2.42. The Morgan fingerprint density at radius 1 is 0.938 bits per heavy atom. The van der Waals surface area contributed by atoms with Crippen molar-refractivity contribution in [2.75, 3.05) is 26.4 Å². The van der Waals surface area contributed by atoms with Gasteiger partial charge in [0.25, 0.3) is 0 Å². The number of carbonyl (C=O) groups excluding carboxylic acids is 1. The van der Waals surface area contributed by atoms with Crippen LogP contribution in [-0.4, -0.2) is 48.4 Å². The van der Waals surface area contributed by atoms with Crippen molar-refractivity contribution in [3.8, 4) is 0 Å². The first-order valence-corrected chi connectivity index (χ1v) is 13.4. The fraction of sp³-hybridized carbons (Fsp3) is 0.783. The molecule has 0 aliphatic carbocycles. The number of aliphatic hydroxyl groups excluding tert-OH is 1. The van der Waals surface area contributed by atoms with E-state index >= 15 is 0 Å². The summed E-state index contributed by atoms with van der Waals surface area (Å²) in [6.07, 6.45) is 20.2. The summed E-state index contributed by atoms with van der Waals surface area (Å²) < 4.78 is 25.5. The molecule has 0 aromatic rings. The molecule has 0 radical (unpaired) electrons. The van der Waals surface area contributed by atoms with Crippen LogP contribution in [0.25, 0.3) is 0 Å². The van der Waals surface area contributed by atoms with Crippen molar-refractivity contribution in [2.45, 2.75) is 90.1 Å². The monoisotopic (exact) mass is 477 g/mol. The first-order valence-electron chi connectivity index (χ1n) is 11.9. The summed E-state index contributed by atoms with van der Waals surface area (Å²) >= 11 is 0. The van der Waals surface area contributed by atoms with Gasteiger partial charge < -0.3 is 20.5 Å². The van der Waals surface area contributed by atoms with Crippen molar-refractivity contribution in [3.63, 3.8) is 0 Å². The maximum absolute atomic E-state index is 11.7.